The zero-order chi connectivity index (χ0) is 20.9. The number of rotatable bonds is 4. The summed E-state index contributed by atoms with van der Waals surface area (Å²) >= 11 is 0. The number of phenolic OH excluding ortho intramolecular Hbond substituents is 2. The number of hydrazone groups is 1. The van der Waals surface area contributed by atoms with Gasteiger partial charge in [0.25, 0.3) is 5.91 Å². The molecule has 2 aliphatic rings. The van der Waals surface area contributed by atoms with E-state index in [1.165, 1.54) is 24.4 Å². The fourth-order valence-electron chi connectivity index (χ4n) is 3.40. The summed E-state index contributed by atoms with van der Waals surface area (Å²) in [6.45, 7) is 3.56. The minimum Gasteiger partial charge on any atom is -0.504 e. The summed E-state index contributed by atoms with van der Waals surface area (Å²) in [6.07, 6.45) is 1.66. The lowest BCUT2D eigenvalue weighted by Crippen LogP contribution is -2.49. The fourth-order valence-corrected chi connectivity index (χ4v) is 5.16. The van der Waals surface area contributed by atoms with Gasteiger partial charge in [-0.05, 0) is 32.0 Å². The molecule has 2 saturated heterocycles. The second-order valence-corrected chi connectivity index (χ2v) is 9.23. The summed E-state index contributed by atoms with van der Waals surface area (Å²) in [4.78, 5) is 25.8. The molecule has 0 saturated carbocycles. The first kappa shape index (κ1) is 19.1. The van der Waals surface area contributed by atoms with Crippen LogP contribution in [0.1, 0.15) is 29.5 Å². The van der Waals surface area contributed by atoms with Crippen LogP contribution < -0.4 is 5.43 Å². The highest BCUT2D eigenvalue weighted by atomic mass is 32.2. The van der Waals surface area contributed by atoms with Gasteiger partial charge in [0.15, 0.2) is 11.5 Å². The van der Waals surface area contributed by atoms with Crippen molar-refractivity contribution >= 4 is 28.8 Å². The molecule has 1 unspecified atom stereocenters. The molecule has 152 valence electrons. The van der Waals surface area contributed by atoms with Crippen LogP contribution in [-0.4, -0.2) is 59.2 Å². The number of amides is 2. The van der Waals surface area contributed by atoms with Crippen molar-refractivity contribution in [3.63, 3.8) is 0 Å². The van der Waals surface area contributed by atoms with Crippen LogP contribution in [0.25, 0.3) is 11.3 Å². The van der Waals surface area contributed by atoms with Crippen LogP contribution in [0.2, 0.25) is 0 Å². The maximum Gasteiger partial charge on any atom is 0.277 e. The number of nitrogens with zero attached hydrogens (tertiary/aromatic N) is 3. The summed E-state index contributed by atoms with van der Waals surface area (Å²) in [5, 5.41) is 26.7. The van der Waals surface area contributed by atoms with E-state index in [0.717, 1.165) is 0 Å². The molecule has 2 aromatic rings. The van der Waals surface area contributed by atoms with Gasteiger partial charge in [0.1, 0.15) is 22.4 Å². The van der Waals surface area contributed by atoms with Crippen LogP contribution in [0.15, 0.2) is 27.8 Å². The van der Waals surface area contributed by atoms with E-state index in [1.54, 1.807) is 18.7 Å². The highest BCUT2D eigenvalue weighted by Gasteiger charge is 2.55. The number of β-lactam (4-membered cyclic amide) rings is 1. The lowest BCUT2D eigenvalue weighted by Gasteiger charge is -2.32. The van der Waals surface area contributed by atoms with E-state index < -0.39 is 21.5 Å². The molecule has 3 N–H and O–H groups in total. The van der Waals surface area contributed by atoms with Crippen molar-refractivity contribution in [2.24, 2.45) is 5.10 Å². The summed E-state index contributed by atoms with van der Waals surface area (Å²) < 4.78 is 16.8. The third kappa shape index (κ3) is 3.07. The number of carbonyl (C=O) groups is 2. The van der Waals surface area contributed by atoms with Crippen molar-refractivity contribution in [2.75, 3.05) is 6.54 Å². The topological polar surface area (TPSA) is 145 Å². The number of benzene rings is 1. The average Bonchev–Trinajstić information content (AvgIpc) is 3.15. The lowest BCUT2D eigenvalue weighted by atomic mass is 10.1. The van der Waals surface area contributed by atoms with Crippen LogP contribution in [-0.2, 0) is 15.6 Å². The number of aryl methyl sites for hydroxylation is 1. The molecule has 3 atom stereocenters. The van der Waals surface area contributed by atoms with E-state index in [4.69, 9.17) is 4.52 Å². The van der Waals surface area contributed by atoms with Gasteiger partial charge in [0.05, 0.1) is 22.0 Å². The predicted molar refractivity (Wildman–Crippen MR) is 103 cm³/mol. The van der Waals surface area contributed by atoms with Crippen LogP contribution in [0.3, 0.4) is 0 Å². The first-order valence-corrected chi connectivity index (χ1v) is 9.96. The van der Waals surface area contributed by atoms with Crippen molar-refractivity contribution < 1.29 is 28.5 Å². The molecular weight excluding hydrogens is 400 g/mol. The van der Waals surface area contributed by atoms with Crippen molar-refractivity contribution in [3.05, 3.63) is 29.5 Å². The molecule has 4 rings (SSSR count). The number of aromatic nitrogens is 1. The van der Waals surface area contributed by atoms with Crippen LogP contribution >= 0.6 is 0 Å². The van der Waals surface area contributed by atoms with Crippen molar-refractivity contribution in [3.8, 4) is 22.8 Å². The quantitative estimate of drug-likeness (QED) is 0.289. The number of phenols is 2. The monoisotopic (exact) mass is 418 g/mol. The molecule has 0 aliphatic carbocycles. The van der Waals surface area contributed by atoms with Crippen LogP contribution in [0, 0.1) is 6.92 Å². The highest BCUT2D eigenvalue weighted by molar-refractivity contribution is 7.88. The molecule has 2 fully saturated rings. The van der Waals surface area contributed by atoms with Crippen molar-refractivity contribution in [1.82, 2.24) is 15.5 Å². The molecule has 0 bridgehead atoms. The molecule has 1 aromatic carbocycles. The van der Waals surface area contributed by atoms with Gasteiger partial charge in [-0.15, -0.1) is 0 Å². The summed E-state index contributed by atoms with van der Waals surface area (Å²) in [6, 6.07) is 4.02. The first-order valence-electron chi connectivity index (χ1n) is 8.74. The Labute approximate surface area is 167 Å². The average molecular weight is 418 g/mol. The maximum absolute atomic E-state index is 12.6. The number of carbonyl (C=O) groups excluding carboxylic acids is 2. The van der Waals surface area contributed by atoms with E-state index in [2.05, 4.69) is 15.7 Å². The van der Waals surface area contributed by atoms with Gasteiger partial charge in [-0.25, -0.2) is 5.43 Å². The minimum atomic E-state index is -1.31. The summed E-state index contributed by atoms with van der Waals surface area (Å²) in [7, 11) is -1.31. The third-order valence-corrected chi connectivity index (χ3v) is 7.12. The molecule has 0 spiro atoms. The van der Waals surface area contributed by atoms with E-state index in [-0.39, 0.29) is 52.8 Å². The Bertz CT molecular complexity index is 1080. The number of aromatic hydroxyl groups is 2. The Morgan fingerprint density at radius 3 is 2.86 bits per heavy atom. The van der Waals surface area contributed by atoms with Gasteiger partial charge < -0.3 is 19.6 Å². The summed E-state index contributed by atoms with van der Waals surface area (Å²) in [5.74, 6) is -1.06. The predicted octanol–water partition coefficient (Wildman–Crippen LogP) is 0.856. The molecule has 11 heteroatoms. The number of hydrogen-bond acceptors (Lipinski definition) is 8. The normalized spacial score (nSPS) is 25.9. The number of fused-ring (bicyclic) bond motifs is 1. The van der Waals surface area contributed by atoms with Gasteiger partial charge in [-0.2, -0.15) is 5.10 Å². The Hall–Kier alpha value is -3.21. The van der Waals surface area contributed by atoms with Gasteiger partial charge in [-0.3, -0.25) is 13.8 Å². The van der Waals surface area contributed by atoms with E-state index in [1.807, 2.05) is 0 Å². The van der Waals surface area contributed by atoms with Crippen molar-refractivity contribution in [2.45, 2.75) is 30.4 Å². The Morgan fingerprint density at radius 2 is 2.21 bits per heavy atom. The van der Waals surface area contributed by atoms with Crippen molar-refractivity contribution in [1.29, 1.82) is 0 Å². The Balaban J connectivity index is 1.53. The first-order chi connectivity index (χ1) is 13.7. The largest absolute Gasteiger partial charge is 0.504 e. The second-order valence-electron chi connectivity index (χ2n) is 7.16. The fraction of sp³-hybridized carbons (Fsp3) is 0.333. The Morgan fingerprint density at radius 1 is 1.45 bits per heavy atom. The maximum atomic E-state index is 12.6. The molecule has 2 aliphatic heterocycles. The SMILES string of the molecule is Cc1onc(-c2ccc(O)c(O)c2)c1C(=O)N/N=C/[C@@]1(C)CN2C(=O)C[C@H]2S1=O. The molecule has 29 heavy (non-hydrogen) atoms. The zero-order valence-corrected chi connectivity index (χ0v) is 16.4. The molecule has 2 amide bonds. The second kappa shape index (κ2) is 6.69. The standard InChI is InChI=1S/C18H18N4O6S/c1-9-15(16(21-28-9)10-3-4-11(23)12(24)5-10)17(26)20-19-7-18(2)8-22-13(25)6-14(22)29(18)27/h3-5,7,14,23-24H,6,8H2,1-2H3,(H,20,26)/b19-7+/t14-,18+,29?/m1/s1. The minimum absolute atomic E-state index is 0.0357. The van der Waals surface area contributed by atoms with Gasteiger partial charge in [0.2, 0.25) is 5.91 Å². The molecule has 1 aromatic heterocycles. The summed E-state index contributed by atoms with van der Waals surface area (Å²) in [5.41, 5.74) is 3.04. The van der Waals surface area contributed by atoms with E-state index in [9.17, 15) is 24.0 Å². The Kier molecular flexibility index (Phi) is 4.41. The number of nitrogens with one attached hydrogen (secondary N) is 1. The lowest BCUT2D eigenvalue weighted by molar-refractivity contribution is -0.140. The highest BCUT2D eigenvalue weighted by Crippen LogP contribution is 2.37. The van der Waals surface area contributed by atoms with E-state index in [0.29, 0.717) is 5.56 Å². The van der Waals surface area contributed by atoms with Gasteiger partial charge >= 0.3 is 0 Å². The smallest absolute Gasteiger partial charge is 0.277 e. The van der Waals surface area contributed by atoms with Gasteiger partial charge in [-0.1, -0.05) is 5.16 Å². The number of hydrogen-bond donors (Lipinski definition) is 3. The molecule has 0 radical (unpaired) electrons. The van der Waals surface area contributed by atoms with Crippen LogP contribution in [0.4, 0.5) is 0 Å². The molecular formula is C18H18N4O6S. The third-order valence-electron chi connectivity index (χ3n) is 5.05. The zero-order valence-electron chi connectivity index (χ0n) is 15.6. The van der Waals surface area contributed by atoms with E-state index >= 15 is 0 Å². The molecule has 10 nitrogen and oxygen atoms in total. The molecule has 3 heterocycles. The van der Waals surface area contributed by atoms with Gasteiger partial charge in [0, 0.05) is 18.3 Å². The van der Waals surface area contributed by atoms with Crippen LogP contribution in [0.5, 0.6) is 11.5 Å².